The molecule has 0 aromatic heterocycles. The third-order valence-corrected chi connectivity index (χ3v) is 2.82. The van der Waals surface area contributed by atoms with E-state index in [-0.39, 0.29) is 0 Å². The Morgan fingerprint density at radius 2 is 1.50 bits per heavy atom. The SMILES string of the molecule is CNc1ccc(OCCOc2ccccc2OC)cc1. The van der Waals surface area contributed by atoms with Crippen molar-refractivity contribution < 1.29 is 14.2 Å². The Balaban J connectivity index is 1.78. The van der Waals surface area contributed by atoms with Gasteiger partial charge in [-0.05, 0) is 36.4 Å². The summed E-state index contributed by atoms with van der Waals surface area (Å²) in [5.41, 5.74) is 1.06. The van der Waals surface area contributed by atoms with E-state index >= 15 is 0 Å². The number of ether oxygens (including phenoxy) is 3. The van der Waals surface area contributed by atoms with E-state index in [1.807, 2.05) is 55.6 Å². The van der Waals surface area contributed by atoms with E-state index in [1.165, 1.54) is 0 Å². The lowest BCUT2D eigenvalue weighted by Crippen LogP contribution is -2.09. The molecule has 2 aromatic carbocycles. The third kappa shape index (κ3) is 3.82. The van der Waals surface area contributed by atoms with Crippen LogP contribution < -0.4 is 19.5 Å². The third-order valence-electron chi connectivity index (χ3n) is 2.82. The lowest BCUT2D eigenvalue weighted by atomic mass is 10.3. The largest absolute Gasteiger partial charge is 0.493 e. The molecule has 2 rings (SSSR count). The predicted octanol–water partition coefficient (Wildman–Crippen LogP) is 3.19. The van der Waals surface area contributed by atoms with Gasteiger partial charge in [0.2, 0.25) is 0 Å². The van der Waals surface area contributed by atoms with Crippen LogP contribution in [0.1, 0.15) is 0 Å². The quantitative estimate of drug-likeness (QED) is 0.786. The Kier molecular flexibility index (Phi) is 5.12. The molecule has 0 aliphatic carbocycles. The van der Waals surface area contributed by atoms with Crippen molar-refractivity contribution in [1.82, 2.24) is 0 Å². The predicted molar refractivity (Wildman–Crippen MR) is 80.0 cm³/mol. The smallest absolute Gasteiger partial charge is 0.161 e. The minimum Gasteiger partial charge on any atom is -0.493 e. The number of hydrogen-bond acceptors (Lipinski definition) is 4. The maximum atomic E-state index is 5.63. The molecule has 0 atom stereocenters. The summed E-state index contributed by atoms with van der Waals surface area (Å²) in [4.78, 5) is 0. The molecule has 0 unspecified atom stereocenters. The first-order chi connectivity index (χ1) is 9.83. The first-order valence-corrected chi connectivity index (χ1v) is 6.50. The van der Waals surface area contributed by atoms with Crippen LogP contribution in [0.4, 0.5) is 5.69 Å². The van der Waals surface area contributed by atoms with Crippen LogP contribution in [0.5, 0.6) is 17.2 Å². The van der Waals surface area contributed by atoms with Crippen molar-refractivity contribution in [1.29, 1.82) is 0 Å². The molecule has 0 fully saturated rings. The molecule has 0 bridgehead atoms. The lowest BCUT2D eigenvalue weighted by Gasteiger charge is -2.11. The molecule has 1 N–H and O–H groups in total. The van der Waals surface area contributed by atoms with E-state index in [2.05, 4.69) is 5.32 Å². The summed E-state index contributed by atoms with van der Waals surface area (Å²) < 4.78 is 16.5. The van der Waals surface area contributed by atoms with Crippen molar-refractivity contribution >= 4 is 5.69 Å². The van der Waals surface area contributed by atoms with Gasteiger partial charge in [-0.15, -0.1) is 0 Å². The minimum absolute atomic E-state index is 0.466. The highest BCUT2D eigenvalue weighted by molar-refractivity contribution is 5.45. The molecule has 4 heteroatoms. The number of hydrogen-bond donors (Lipinski definition) is 1. The average Bonchev–Trinajstić information content (AvgIpc) is 2.52. The summed E-state index contributed by atoms with van der Waals surface area (Å²) in [7, 11) is 3.51. The van der Waals surface area contributed by atoms with Crippen LogP contribution in [0, 0.1) is 0 Å². The van der Waals surface area contributed by atoms with Crippen molar-refractivity contribution in [3.05, 3.63) is 48.5 Å². The molecule has 2 aromatic rings. The molecule has 20 heavy (non-hydrogen) atoms. The van der Waals surface area contributed by atoms with Crippen molar-refractivity contribution in [2.45, 2.75) is 0 Å². The van der Waals surface area contributed by atoms with Crippen LogP contribution in [0.15, 0.2) is 48.5 Å². The minimum atomic E-state index is 0.466. The van der Waals surface area contributed by atoms with Gasteiger partial charge in [-0.25, -0.2) is 0 Å². The molecule has 106 valence electrons. The second-order valence-electron chi connectivity index (χ2n) is 4.12. The van der Waals surface area contributed by atoms with Gasteiger partial charge < -0.3 is 19.5 Å². The molecule has 0 amide bonds. The topological polar surface area (TPSA) is 39.7 Å². The van der Waals surface area contributed by atoms with E-state index in [0.717, 1.165) is 22.9 Å². The Bertz CT molecular complexity index is 526. The maximum Gasteiger partial charge on any atom is 0.161 e. The zero-order valence-electron chi connectivity index (χ0n) is 11.8. The maximum absolute atomic E-state index is 5.63. The van der Waals surface area contributed by atoms with Crippen LogP contribution in [-0.2, 0) is 0 Å². The fourth-order valence-corrected chi connectivity index (χ4v) is 1.77. The van der Waals surface area contributed by atoms with Crippen molar-refractivity contribution in [2.75, 3.05) is 32.7 Å². The number of nitrogens with one attached hydrogen (secondary N) is 1. The normalized spacial score (nSPS) is 9.90. The molecule has 4 nitrogen and oxygen atoms in total. The second-order valence-corrected chi connectivity index (χ2v) is 4.12. The number of benzene rings is 2. The van der Waals surface area contributed by atoms with Gasteiger partial charge in [0.25, 0.3) is 0 Å². The summed E-state index contributed by atoms with van der Waals surface area (Å²) in [5.74, 6) is 2.28. The average molecular weight is 273 g/mol. The Morgan fingerprint density at radius 3 is 2.15 bits per heavy atom. The second kappa shape index (κ2) is 7.28. The molecule has 0 spiro atoms. The number of anilines is 1. The van der Waals surface area contributed by atoms with Crippen LogP contribution in [0.3, 0.4) is 0 Å². The molecule has 0 saturated heterocycles. The lowest BCUT2D eigenvalue weighted by molar-refractivity contribution is 0.211. The van der Waals surface area contributed by atoms with Crippen LogP contribution in [0.2, 0.25) is 0 Å². The summed E-state index contributed by atoms with van der Waals surface area (Å²) in [6, 6.07) is 15.4. The highest BCUT2D eigenvalue weighted by Crippen LogP contribution is 2.25. The summed E-state index contributed by atoms with van der Waals surface area (Å²) >= 11 is 0. The van der Waals surface area contributed by atoms with Gasteiger partial charge in [0.05, 0.1) is 7.11 Å². The van der Waals surface area contributed by atoms with E-state index < -0.39 is 0 Å². The number of methoxy groups -OCH3 is 1. The number of rotatable bonds is 7. The molecule has 0 aliphatic heterocycles. The monoisotopic (exact) mass is 273 g/mol. The van der Waals surface area contributed by atoms with Gasteiger partial charge in [0, 0.05) is 12.7 Å². The molecule has 0 radical (unpaired) electrons. The van der Waals surface area contributed by atoms with Crippen LogP contribution in [-0.4, -0.2) is 27.4 Å². The molecule has 0 heterocycles. The highest BCUT2D eigenvalue weighted by Gasteiger charge is 2.02. The van der Waals surface area contributed by atoms with Gasteiger partial charge in [-0.1, -0.05) is 12.1 Å². The zero-order chi connectivity index (χ0) is 14.2. The Hall–Kier alpha value is -2.36. The number of para-hydroxylation sites is 2. The van der Waals surface area contributed by atoms with Crippen molar-refractivity contribution in [3.63, 3.8) is 0 Å². The summed E-state index contributed by atoms with van der Waals surface area (Å²) in [6.07, 6.45) is 0. The van der Waals surface area contributed by atoms with Gasteiger partial charge >= 0.3 is 0 Å². The zero-order valence-corrected chi connectivity index (χ0v) is 11.8. The summed E-state index contributed by atoms with van der Waals surface area (Å²) in [5, 5.41) is 3.06. The van der Waals surface area contributed by atoms with Crippen molar-refractivity contribution in [3.8, 4) is 17.2 Å². The molecule has 0 saturated carbocycles. The van der Waals surface area contributed by atoms with E-state index in [4.69, 9.17) is 14.2 Å². The van der Waals surface area contributed by atoms with Gasteiger partial charge in [0.15, 0.2) is 11.5 Å². The summed E-state index contributed by atoms with van der Waals surface area (Å²) in [6.45, 7) is 0.950. The van der Waals surface area contributed by atoms with Gasteiger partial charge in [0.1, 0.15) is 19.0 Å². The van der Waals surface area contributed by atoms with Crippen LogP contribution in [0.25, 0.3) is 0 Å². The van der Waals surface area contributed by atoms with Crippen molar-refractivity contribution in [2.24, 2.45) is 0 Å². The van der Waals surface area contributed by atoms with E-state index in [1.54, 1.807) is 7.11 Å². The van der Waals surface area contributed by atoms with E-state index in [9.17, 15) is 0 Å². The van der Waals surface area contributed by atoms with Crippen LogP contribution >= 0.6 is 0 Å². The van der Waals surface area contributed by atoms with Gasteiger partial charge in [-0.3, -0.25) is 0 Å². The first kappa shape index (κ1) is 14.1. The van der Waals surface area contributed by atoms with E-state index in [0.29, 0.717) is 13.2 Å². The Morgan fingerprint density at radius 1 is 0.850 bits per heavy atom. The highest BCUT2D eigenvalue weighted by atomic mass is 16.5. The fourth-order valence-electron chi connectivity index (χ4n) is 1.77. The molecular weight excluding hydrogens is 254 g/mol. The van der Waals surface area contributed by atoms with Gasteiger partial charge in [-0.2, -0.15) is 0 Å². The molecule has 0 aliphatic rings. The first-order valence-electron chi connectivity index (χ1n) is 6.50. The Labute approximate surface area is 119 Å². The molecular formula is C16H19NO3. The fraction of sp³-hybridized carbons (Fsp3) is 0.250. The standard InChI is InChI=1S/C16H19NO3/c1-17-13-7-9-14(10-8-13)19-11-12-20-16-6-4-3-5-15(16)18-2/h3-10,17H,11-12H2,1-2H3.